The maximum atomic E-state index is 13.7. The van der Waals surface area contributed by atoms with Crippen LogP contribution in [0, 0.1) is 5.82 Å². The molecule has 5 heteroatoms. The molecule has 0 bridgehead atoms. The van der Waals surface area contributed by atoms with Gasteiger partial charge in [0, 0.05) is 10.6 Å². The van der Waals surface area contributed by atoms with E-state index < -0.39 is 5.79 Å². The lowest BCUT2D eigenvalue weighted by molar-refractivity contribution is -0.273. The molecule has 0 aromatic heterocycles. The average molecular weight is 260 g/mol. The van der Waals surface area contributed by atoms with E-state index in [1.165, 1.54) is 18.2 Å². The van der Waals surface area contributed by atoms with Crippen LogP contribution in [0.1, 0.15) is 12.5 Å². The van der Waals surface area contributed by atoms with Crippen molar-refractivity contribution in [1.29, 1.82) is 0 Å². The highest BCUT2D eigenvalue weighted by Crippen LogP contribution is 2.33. The lowest BCUT2D eigenvalue weighted by atomic mass is 10.1. The molecular formula is C12H15ClFNO2. The molecule has 1 aliphatic heterocycles. The van der Waals surface area contributed by atoms with E-state index >= 15 is 0 Å². The molecule has 0 saturated carbocycles. The van der Waals surface area contributed by atoms with Crippen molar-refractivity contribution in [2.75, 3.05) is 20.3 Å². The van der Waals surface area contributed by atoms with Crippen molar-refractivity contribution in [1.82, 2.24) is 5.32 Å². The second-order valence-electron chi connectivity index (χ2n) is 4.18. The summed E-state index contributed by atoms with van der Waals surface area (Å²) < 4.78 is 25.0. The maximum Gasteiger partial charge on any atom is 0.194 e. The lowest BCUT2D eigenvalue weighted by Gasteiger charge is -2.38. The summed E-state index contributed by atoms with van der Waals surface area (Å²) in [6, 6.07) is 4.49. The highest BCUT2D eigenvalue weighted by Gasteiger charge is 2.36. The number of hydrogen-bond acceptors (Lipinski definition) is 3. The Morgan fingerprint density at radius 2 is 2.06 bits per heavy atom. The van der Waals surface area contributed by atoms with Gasteiger partial charge < -0.3 is 14.8 Å². The molecule has 0 atom stereocenters. The molecule has 1 aliphatic rings. The van der Waals surface area contributed by atoms with E-state index in [-0.39, 0.29) is 11.9 Å². The average Bonchev–Trinajstić information content (AvgIpc) is 2.33. The van der Waals surface area contributed by atoms with E-state index in [0.717, 1.165) is 0 Å². The Bertz CT molecular complexity index is 405. The van der Waals surface area contributed by atoms with Crippen molar-refractivity contribution < 1.29 is 13.9 Å². The molecule has 94 valence electrons. The molecule has 1 N–H and O–H groups in total. The number of nitrogens with one attached hydrogen (secondary N) is 1. The summed E-state index contributed by atoms with van der Waals surface area (Å²) in [5.41, 5.74) is 0.333. The number of ether oxygens (including phenoxy) is 2. The fourth-order valence-corrected chi connectivity index (χ4v) is 1.95. The van der Waals surface area contributed by atoms with Crippen LogP contribution in [0.2, 0.25) is 5.02 Å². The molecule has 1 heterocycles. The van der Waals surface area contributed by atoms with Crippen molar-refractivity contribution in [2.45, 2.75) is 18.8 Å². The van der Waals surface area contributed by atoms with Crippen LogP contribution in [0.5, 0.6) is 0 Å². The number of benzene rings is 1. The standard InChI is InChI=1S/C12H15ClFNO2/c1-12(16-6-9(15-2)7-17-12)10-5-8(13)3-4-11(10)14/h3-5,9,15H,6-7H2,1-2H3. The van der Waals surface area contributed by atoms with Gasteiger partial charge in [-0.25, -0.2) is 4.39 Å². The van der Waals surface area contributed by atoms with Gasteiger partial charge in [0.25, 0.3) is 0 Å². The maximum absolute atomic E-state index is 13.7. The molecule has 1 fully saturated rings. The van der Waals surface area contributed by atoms with Crippen molar-refractivity contribution >= 4 is 11.6 Å². The number of hydrogen-bond donors (Lipinski definition) is 1. The van der Waals surface area contributed by atoms with Gasteiger partial charge in [0.2, 0.25) is 0 Å². The zero-order valence-corrected chi connectivity index (χ0v) is 10.6. The minimum absolute atomic E-state index is 0.130. The third-order valence-electron chi connectivity index (χ3n) is 2.95. The van der Waals surface area contributed by atoms with Crippen LogP contribution in [0.3, 0.4) is 0 Å². The Labute approximate surface area is 105 Å². The fourth-order valence-electron chi connectivity index (χ4n) is 1.78. The smallest absolute Gasteiger partial charge is 0.194 e. The zero-order chi connectivity index (χ0) is 12.5. The van der Waals surface area contributed by atoms with Crippen molar-refractivity contribution in [3.63, 3.8) is 0 Å². The number of halogens is 2. The topological polar surface area (TPSA) is 30.5 Å². The van der Waals surface area contributed by atoms with E-state index in [9.17, 15) is 4.39 Å². The monoisotopic (exact) mass is 259 g/mol. The Morgan fingerprint density at radius 1 is 1.41 bits per heavy atom. The molecule has 0 radical (unpaired) electrons. The van der Waals surface area contributed by atoms with E-state index in [4.69, 9.17) is 21.1 Å². The van der Waals surface area contributed by atoms with Crippen molar-refractivity contribution in [2.24, 2.45) is 0 Å². The molecule has 3 nitrogen and oxygen atoms in total. The van der Waals surface area contributed by atoms with Gasteiger partial charge in [0.15, 0.2) is 5.79 Å². The second-order valence-corrected chi connectivity index (χ2v) is 4.61. The Kier molecular flexibility index (Phi) is 3.68. The minimum atomic E-state index is -1.07. The summed E-state index contributed by atoms with van der Waals surface area (Å²) in [7, 11) is 1.83. The van der Waals surface area contributed by atoms with Gasteiger partial charge in [-0.15, -0.1) is 0 Å². The summed E-state index contributed by atoms with van der Waals surface area (Å²) in [6.07, 6.45) is 0. The summed E-state index contributed by atoms with van der Waals surface area (Å²) in [6.45, 7) is 2.64. The normalized spacial score (nSPS) is 29.3. The second kappa shape index (κ2) is 4.90. The number of likely N-dealkylation sites (N-methyl/N-ethyl adjacent to an activating group) is 1. The van der Waals surface area contributed by atoms with Gasteiger partial charge in [0.05, 0.1) is 19.3 Å². The van der Waals surface area contributed by atoms with Gasteiger partial charge in [-0.2, -0.15) is 0 Å². The molecule has 0 amide bonds. The molecule has 0 spiro atoms. The fraction of sp³-hybridized carbons (Fsp3) is 0.500. The molecular weight excluding hydrogens is 245 g/mol. The number of rotatable bonds is 2. The van der Waals surface area contributed by atoms with Crippen LogP contribution < -0.4 is 5.32 Å². The van der Waals surface area contributed by atoms with Crippen LogP contribution in [0.4, 0.5) is 4.39 Å². The Hall–Kier alpha value is -0.680. The van der Waals surface area contributed by atoms with Gasteiger partial charge in [-0.05, 0) is 32.2 Å². The summed E-state index contributed by atoms with van der Waals surface area (Å²) in [4.78, 5) is 0. The largest absolute Gasteiger partial charge is 0.344 e. The molecule has 1 aromatic rings. The quantitative estimate of drug-likeness (QED) is 0.884. The molecule has 0 unspecified atom stereocenters. The molecule has 1 aromatic carbocycles. The van der Waals surface area contributed by atoms with Crippen LogP contribution in [0.15, 0.2) is 18.2 Å². The Morgan fingerprint density at radius 3 is 2.65 bits per heavy atom. The van der Waals surface area contributed by atoms with E-state index in [1.807, 2.05) is 7.05 Å². The van der Waals surface area contributed by atoms with Crippen molar-refractivity contribution in [3.05, 3.63) is 34.6 Å². The molecule has 0 aliphatic carbocycles. The first-order valence-corrected chi connectivity index (χ1v) is 5.83. The van der Waals surface area contributed by atoms with Crippen molar-refractivity contribution in [3.8, 4) is 0 Å². The molecule has 2 rings (SSSR count). The van der Waals surface area contributed by atoms with E-state index in [2.05, 4.69) is 5.32 Å². The van der Waals surface area contributed by atoms with Crippen LogP contribution in [-0.4, -0.2) is 26.3 Å². The minimum Gasteiger partial charge on any atom is -0.344 e. The highest BCUT2D eigenvalue weighted by molar-refractivity contribution is 6.30. The van der Waals surface area contributed by atoms with Gasteiger partial charge >= 0.3 is 0 Å². The predicted octanol–water partition coefficient (Wildman–Crippen LogP) is 2.29. The first-order valence-electron chi connectivity index (χ1n) is 5.46. The lowest BCUT2D eigenvalue weighted by Crippen LogP contribution is -2.47. The third kappa shape index (κ3) is 2.60. The summed E-state index contributed by atoms with van der Waals surface area (Å²) >= 11 is 5.86. The summed E-state index contributed by atoms with van der Waals surface area (Å²) in [5.74, 6) is -1.44. The van der Waals surface area contributed by atoms with Crippen LogP contribution >= 0.6 is 11.6 Å². The molecule has 17 heavy (non-hydrogen) atoms. The Balaban J connectivity index is 2.24. The highest BCUT2D eigenvalue weighted by atomic mass is 35.5. The van der Waals surface area contributed by atoms with Gasteiger partial charge in [-0.3, -0.25) is 0 Å². The van der Waals surface area contributed by atoms with E-state index in [0.29, 0.717) is 23.8 Å². The SMILES string of the molecule is CNC1COC(C)(c2cc(Cl)ccc2F)OC1. The predicted molar refractivity (Wildman–Crippen MR) is 63.5 cm³/mol. The third-order valence-corrected chi connectivity index (χ3v) is 3.18. The van der Waals surface area contributed by atoms with Crippen LogP contribution in [-0.2, 0) is 15.3 Å². The van der Waals surface area contributed by atoms with Gasteiger partial charge in [-0.1, -0.05) is 11.6 Å². The van der Waals surface area contributed by atoms with Gasteiger partial charge in [0.1, 0.15) is 5.82 Å². The zero-order valence-electron chi connectivity index (χ0n) is 9.80. The first kappa shape index (κ1) is 12.8. The van der Waals surface area contributed by atoms with Crippen LogP contribution in [0.25, 0.3) is 0 Å². The van der Waals surface area contributed by atoms with E-state index in [1.54, 1.807) is 6.92 Å². The molecule has 1 saturated heterocycles. The summed E-state index contributed by atoms with van der Waals surface area (Å²) in [5, 5.41) is 3.51. The first-order chi connectivity index (χ1) is 8.05.